The van der Waals surface area contributed by atoms with Gasteiger partial charge in [0.25, 0.3) is 0 Å². The van der Waals surface area contributed by atoms with Gasteiger partial charge in [0.05, 0.1) is 26.2 Å². The van der Waals surface area contributed by atoms with E-state index < -0.39 is 35.0 Å². The molecule has 1 fully saturated rings. The number of methoxy groups -OCH3 is 2. The number of carbonyl (C=O) groups is 3. The molecule has 4 atom stereocenters. The van der Waals surface area contributed by atoms with E-state index in [4.69, 9.17) is 9.47 Å². The van der Waals surface area contributed by atoms with Crippen molar-refractivity contribution in [3.8, 4) is 11.5 Å². The van der Waals surface area contributed by atoms with Crippen molar-refractivity contribution in [1.82, 2.24) is 4.90 Å². The Labute approximate surface area is 247 Å². The zero-order chi connectivity index (χ0) is 29.9. The molecule has 0 aromatic heterocycles. The van der Waals surface area contributed by atoms with Crippen LogP contribution in [0.5, 0.6) is 11.5 Å². The van der Waals surface area contributed by atoms with E-state index in [1.807, 2.05) is 59.5 Å². The number of nitrogens with zero attached hydrogens (tertiary/aromatic N) is 1. The Morgan fingerprint density at radius 3 is 2.30 bits per heavy atom. The highest BCUT2D eigenvalue weighted by Crippen LogP contribution is 2.62. The molecular formula is C35H27FN2O5. The fourth-order valence-electron chi connectivity index (χ4n) is 7.12. The van der Waals surface area contributed by atoms with E-state index in [2.05, 4.69) is 5.32 Å². The summed E-state index contributed by atoms with van der Waals surface area (Å²) >= 11 is 0. The molecule has 8 heteroatoms. The van der Waals surface area contributed by atoms with Crippen LogP contribution in [0.1, 0.15) is 43.4 Å². The molecule has 1 saturated heterocycles. The lowest BCUT2D eigenvalue weighted by atomic mass is 9.62. The number of fused-ring (bicyclic) bond motifs is 6. The van der Waals surface area contributed by atoms with Gasteiger partial charge in [0, 0.05) is 23.0 Å². The minimum absolute atomic E-state index is 0.242. The van der Waals surface area contributed by atoms with Gasteiger partial charge < -0.3 is 19.7 Å². The van der Waals surface area contributed by atoms with Crippen LogP contribution in [0.25, 0.3) is 6.08 Å². The van der Waals surface area contributed by atoms with Crippen LogP contribution in [-0.4, -0.2) is 42.6 Å². The maximum Gasteiger partial charge on any atom is 0.238 e. The third kappa shape index (κ3) is 3.75. The number of rotatable bonds is 6. The van der Waals surface area contributed by atoms with E-state index >= 15 is 0 Å². The zero-order valence-electron chi connectivity index (χ0n) is 23.4. The number of anilines is 1. The summed E-state index contributed by atoms with van der Waals surface area (Å²) in [4.78, 5) is 45.8. The average molecular weight is 575 g/mol. The molecule has 3 heterocycles. The number of benzene rings is 4. The number of hydrogen-bond donors (Lipinski definition) is 1. The molecule has 1 spiro atoms. The Morgan fingerprint density at radius 1 is 0.837 bits per heavy atom. The van der Waals surface area contributed by atoms with E-state index in [9.17, 15) is 18.8 Å². The lowest BCUT2D eigenvalue weighted by molar-refractivity contribution is -0.122. The molecular weight excluding hydrogens is 547 g/mol. The van der Waals surface area contributed by atoms with Crippen LogP contribution >= 0.6 is 0 Å². The molecule has 0 radical (unpaired) electrons. The summed E-state index contributed by atoms with van der Waals surface area (Å²) in [6.07, 6.45) is 3.70. The Kier molecular flexibility index (Phi) is 6.16. The van der Waals surface area contributed by atoms with Crippen LogP contribution in [0.3, 0.4) is 0 Å². The van der Waals surface area contributed by atoms with Crippen LogP contribution in [-0.2, 0) is 10.2 Å². The second-order valence-electron chi connectivity index (χ2n) is 10.9. The molecule has 1 amide bonds. The molecule has 7 nitrogen and oxygen atoms in total. The predicted octanol–water partition coefficient (Wildman–Crippen LogP) is 5.82. The summed E-state index contributed by atoms with van der Waals surface area (Å²) in [6, 6.07) is 23.4. The molecule has 3 aliphatic rings. The van der Waals surface area contributed by atoms with Crippen molar-refractivity contribution in [1.29, 1.82) is 0 Å². The van der Waals surface area contributed by atoms with Crippen molar-refractivity contribution in [2.45, 2.75) is 17.5 Å². The molecule has 1 N–H and O–H groups in total. The first-order valence-corrected chi connectivity index (χ1v) is 13.9. The first-order valence-electron chi connectivity index (χ1n) is 13.9. The molecule has 7 rings (SSSR count). The number of hydrogen-bond acceptors (Lipinski definition) is 6. The van der Waals surface area contributed by atoms with Gasteiger partial charge in [-0.2, -0.15) is 0 Å². The van der Waals surface area contributed by atoms with E-state index in [0.29, 0.717) is 22.7 Å². The second kappa shape index (κ2) is 9.94. The van der Waals surface area contributed by atoms with Crippen LogP contribution < -0.4 is 14.8 Å². The monoisotopic (exact) mass is 574 g/mol. The van der Waals surface area contributed by atoms with E-state index in [1.54, 1.807) is 24.4 Å². The van der Waals surface area contributed by atoms with E-state index in [1.165, 1.54) is 38.5 Å². The number of para-hydroxylation sites is 1. The molecule has 0 saturated carbocycles. The molecule has 4 aromatic carbocycles. The molecule has 3 aliphatic heterocycles. The van der Waals surface area contributed by atoms with Crippen molar-refractivity contribution in [2.24, 2.45) is 5.92 Å². The third-order valence-corrected chi connectivity index (χ3v) is 8.92. The fourth-order valence-corrected chi connectivity index (χ4v) is 7.12. The number of ether oxygens (including phenoxy) is 2. The first-order chi connectivity index (χ1) is 20.9. The summed E-state index contributed by atoms with van der Waals surface area (Å²) in [5.41, 5.74) is 2.01. The number of halogens is 1. The van der Waals surface area contributed by atoms with Gasteiger partial charge in [-0.25, -0.2) is 4.39 Å². The van der Waals surface area contributed by atoms with Crippen molar-refractivity contribution in [2.75, 3.05) is 19.5 Å². The highest BCUT2D eigenvalue weighted by molar-refractivity contribution is 6.16. The Morgan fingerprint density at radius 2 is 1.53 bits per heavy atom. The lowest BCUT2D eigenvalue weighted by Gasteiger charge is -2.38. The van der Waals surface area contributed by atoms with Crippen LogP contribution in [0.2, 0.25) is 0 Å². The minimum Gasteiger partial charge on any atom is -0.493 e. The predicted molar refractivity (Wildman–Crippen MR) is 159 cm³/mol. The molecule has 0 bridgehead atoms. The fraction of sp³-hybridized carbons (Fsp3) is 0.171. The summed E-state index contributed by atoms with van der Waals surface area (Å²) in [5.74, 6) is -1.99. The van der Waals surface area contributed by atoms with E-state index in [-0.39, 0.29) is 22.8 Å². The number of ketones is 2. The standard InChI is InChI=1S/C35H27FN2O5/c1-42-27-16-13-22(19-28(27)43-2)31(39)29-30(32(40)21-11-14-23(36)15-12-21)38-18-17-20-7-3-4-8-24(20)33(38)35(29)25-9-5-6-10-26(25)37-34(35)41/h3-19,29-30,33H,1-2H3,(H,37,41). The Bertz CT molecular complexity index is 1830. The maximum absolute atomic E-state index is 14.9. The van der Waals surface area contributed by atoms with Crippen molar-refractivity contribution in [3.63, 3.8) is 0 Å². The van der Waals surface area contributed by atoms with Gasteiger partial charge in [-0.3, -0.25) is 14.4 Å². The largest absolute Gasteiger partial charge is 0.493 e. The lowest BCUT2D eigenvalue weighted by Crippen LogP contribution is -2.49. The minimum atomic E-state index is -1.47. The smallest absolute Gasteiger partial charge is 0.238 e. The molecule has 0 aliphatic carbocycles. The maximum atomic E-state index is 14.9. The van der Waals surface area contributed by atoms with Crippen LogP contribution in [0.15, 0.2) is 97.2 Å². The molecule has 4 aromatic rings. The van der Waals surface area contributed by atoms with E-state index in [0.717, 1.165) is 11.1 Å². The van der Waals surface area contributed by atoms with Gasteiger partial charge in [-0.1, -0.05) is 42.5 Å². The zero-order valence-corrected chi connectivity index (χ0v) is 23.4. The topological polar surface area (TPSA) is 84.9 Å². The van der Waals surface area contributed by atoms with Gasteiger partial charge in [0.1, 0.15) is 17.3 Å². The average Bonchev–Trinajstić information content (AvgIpc) is 3.52. The van der Waals surface area contributed by atoms with Crippen molar-refractivity contribution in [3.05, 3.63) is 131 Å². The quantitative estimate of drug-likeness (QED) is 0.292. The third-order valence-electron chi connectivity index (χ3n) is 8.92. The Hall–Kier alpha value is -5.24. The molecule has 4 unspecified atom stereocenters. The summed E-state index contributed by atoms with van der Waals surface area (Å²) in [6.45, 7) is 0. The van der Waals surface area contributed by atoms with Gasteiger partial charge >= 0.3 is 0 Å². The van der Waals surface area contributed by atoms with Gasteiger partial charge in [-0.05, 0) is 71.3 Å². The summed E-state index contributed by atoms with van der Waals surface area (Å²) < 4.78 is 24.8. The normalized spacial score (nSPS) is 22.9. The summed E-state index contributed by atoms with van der Waals surface area (Å²) in [7, 11) is 2.98. The molecule has 214 valence electrons. The van der Waals surface area contributed by atoms with Gasteiger partial charge in [-0.15, -0.1) is 0 Å². The van der Waals surface area contributed by atoms with Crippen molar-refractivity contribution >= 4 is 29.2 Å². The van der Waals surface area contributed by atoms with Crippen molar-refractivity contribution < 1.29 is 28.2 Å². The second-order valence-corrected chi connectivity index (χ2v) is 10.9. The number of carbonyl (C=O) groups excluding carboxylic acids is 3. The number of nitrogens with one attached hydrogen (secondary N) is 1. The number of amides is 1. The summed E-state index contributed by atoms with van der Waals surface area (Å²) in [5, 5.41) is 3.03. The first kappa shape index (κ1) is 26.6. The highest BCUT2D eigenvalue weighted by atomic mass is 19.1. The van der Waals surface area contributed by atoms with Crippen LogP contribution in [0.4, 0.5) is 10.1 Å². The SMILES string of the molecule is COc1ccc(C(=O)C2C(C(=O)c3ccc(F)cc3)N3C=Cc4ccccc4C3C23C(=O)Nc2ccccc23)cc1OC. The Balaban J connectivity index is 1.52. The highest BCUT2D eigenvalue weighted by Gasteiger charge is 2.70. The van der Waals surface area contributed by atoms with Crippen LogP contribution in [0, 0.1) is 11.7 Å². The number of Topliss-reactive ketones (excluding diaryl/α,β-unsaturated/α-hetero) is 2. The molecule has 43 heavy (non-hydrogen) atoms. The van der Waals surface area contributed by atoms with Gasteiger partial charge in [0.2, 0.25) is 5.91 Å². The van der Waals surface area contributed by atoms with Gasteiger partial charge in [0.15, 0.2) is 23.1 Å².